The van der Waals surface area contributed by atoms with Crippen molar-refractivity contribution in [2.45, 2.75) is 103 Å². The van der Waals surface area contributed by atoms with Crippen molar-refractivity contribution in [3.05, 3.63) is 35.1 Å². The zero-order valence-corrected chi connectivity index (χ0v) is 22.1. The fraction of sp³-hybridized carbons (Fsp3) is 0.700. The van der Waals surface area contributed by atoms with Gasteiger partial charge in [0.2, 0.25) is 5.91 Å². The van der Waals surface area contributed by atoms with Gasteiger partial charge in [-0.05, 0) is 62.5 Å². The van der Waals surface area contributed by atoms with Gasteiger partial charge in [-0.25, -0.2) is 4.39 Å². The van der Waals surface area contributed by atoms with E-state index in [1.54, 1.807) is 12.1 Å². The third kappa shape index (κ3) is 6.00. The van der Waals surface area contributed by atoms with E-state index in [9.17, 15) is 14.4 Å². The monoisotopic (exact) mass is 498 g/mol. The zero-order valence-electron chi connectivity index (χ0n) is 22.1. The second kappa shape index (κ2) is 12.3. The summed E-state index contributed by atoms with van der Waals surface area (Å²) in [6.45, 7) is 5.13. The van der Waals surface area contributed by atoms with Crippen LogP contribution in [0.25, 0.3) is 0 Å². The van der Waals surface area contributed by atoms with Gasteiger partial charge in [0, 0.05) is 30.8 Å². The number of nitrogens with zero attached hydrogens (tertiary/aromatic N) is 1. The van der Waals surface area contributed by atoms with Crippen LogP contribution in [-0.4, -0.2) is 41.6 Å². The van der Waals surface area contributed by atoms with Gasteiger partial charge in [-0.2, -0.15) is 0 Å². The maximum atomic E-state index is 15.8. The molecule has 1 aromatic carbocycles. The van der Waals surface area contributed by atoms with E-state index in [1.807, 2.05) is 18.7 Å². The quantitative estimate of drug-likeness (QED) is 0.477. The maximum Gasteiger partial charge on any atom is 0.254 e. The number of nitrogens with one attached hydrogen (secondary N) is 1. The number of carbonyl (C=O) groups excluding carboxylic acids is 3. The summed E-state index contributed by atoms with van der Waals surface area (Å²) in [7, 11) is 0. The highest BCUT2D eigenvalue weighted by Gasteiger charge is 2.35. The van der Waals surface area contributed by atoms with Crippen LogP contribution in [0.15, 0.2) is 18.2 Å². The Morgan fingerprint density at radius 2 is 1.69 bits per heavy atom. The molecule has 1 saturated heterocycles. The zero-order chi connectivity index (χ0) is 25.7. The summed E-state index contributed by atoms with van der Waals surface area (Å²) in [6.07, 6.45) is 11.6. The average Bonchev–Trinajstić information content (AvgIpc) is 3.46. The van der Waals surface area contributed by atoms with E-state index in [1.165, 1.54) is 6.07 Å². The molecule has 1 aromatic rings. The molecule has 0 spiro atoms. The van der Waals surface area contributed by atoms with E-state index >= 15 is 4.39 Å². The van der Waals surface area contributed by atoms with Crippen molar-refractivity contribution in [3.8, 4) is 0 Å². The van der Waals surface area contributed by atoms with Gasteiger partial charge in [-0.3, -0.25) is 14.4 Å². The molecular formula is C30H43FN2O3. The highest BCUT2D eigenvalue weighted by atomic mass is 19.1. The van der Waals surface area contributed by atoms with Gasteiger partial charge in [0.05, 0.1) is 11.6 Å². The number of hydrogen-bond donors (Lipinski definition) is 1. The summed E-state index contributed by atoms with van der Waals surface area (Å²) < 4.78 is 15.8. The van der Waals surface area contributed by atoms with E-state index in [2.05, 4.69) is 5.32 Å². The van der Waals surface area contributed by atoms with Crippen LogP contribution in [0.1, 0.15) is 113 Å². The largest absolute Gasteiger partial charge is 0.342 e. The normalized spacial score (nSPS) is 23.3. The number of Topliss-reactive ketones (excluding diaryl/α,β-unsaturated/α-hetero) is 1. The van der Waals surface area contributed by atoms with Gasteiger partial charge >= 0.3 is 0 Å². The number of hydrogen-bond acceptors (Lipinski definition) is 3. The Morgan fingerprint density at radius 1 is 1.00 bits per heavy atom. The highest BCUT2D eigenvalue weighted by molar-refractivity contribution is 5.98. The molecule has 2 amide bonds. The van der Waals surface area contributed by atoms with Crippen LogP contribution in [0.5, 0.6) is 0 Å². The summed E-state index contributed by atoms with van der Waals surface area (Å²) in [5.74, 6) is -0.765. The average molecular weight is 499 g/mol. The molecule has 3 aliphatic rings. The molecule has 198 valence electrons. The molecule has 1 N–H and O–H groups in total. The van der Waals surface area contributed by atoms with Crippen LogP contribution < -0.4 is 5.32 Å². The van der Waals surface area contributed by atoms with Crippen molar-refractivity contribution in [3.63, 3.8) is 0 Å². The van der Waals surface area contributed by atoms with Crippen molar-refractivity contribution in [1.29, 1.82) is 0 Å². The number of amides is 2. The second-order valence-electron chi connectivity index (χ2n) is 11.4. The summed E-state index contributed by atoms with van der Waals surface area (Å²) >= 11 is 0. The molecule has 1 heterocycles. The minimum absolute atomic E-state index is 0.00417. The Hall–Kier alpha value is -2.24. The first-order valence-electron chi connectivity index (χ1n) is 14.3. The molecule has 0 radical (unpaired) electrons. The number of piperidine rings is 1. The molecule has 2 unspecified atom stereocenters. The summed E-state index contributed by atoms with van der Waals surface area (Å²) in [5, 5.41) is 2.96. The van der Waals surface area contributed by atoms with E-state index < -0.39 is 17.8 Å². The molecule has 0 aromatic heterocycles. The lowest BCUT2D eigenvalue weighted by Crippen LogP contribution is -2.48. The summed E-state index contributed by atoms with van der Waals surface area (Å²) in [6, 6.07) is 4.44. The van der Waals surface area contributed by atoms with Gasteiger partial charge in [0.15, 0.2) is 5.78 Å². The molecule has 2 aliphatic carbocycles. The van der Waals surface area contributed by atoms with Crippen LogP contribution in [0.4, 0.5) is 4.39 Å². The molecule has 36 heavy (non-hydrogen) atoms. The van der Waals surface area contributed by atoms with Crippen LogP contribution in [0, 0.1) is 23.6 Å². The third-order valence-electron chi connectivity index (χ3n) is 8.96. The molecule has 5 nitrogen and oxygen atoms in total. The van der Waals surface area contributed by atoms with Gasteiger partial charge in [0.25, 0.3) is 5.91 Å². The van der Waals surface area contributed by atoms with E-state index in [0.29, 0.717) is 12.1 Å². The van der Waals surface area contributed by atoms with Gasteiger partial charge in [-0.1, -0.05) is 58.1 Å². The minimum Gasteiger partial charge on any atom is -0.342 e. The van der Waals surface area contributed by atoms with Crippen molar-refractivity contribution >= 4 is 17.6 Å². The molecule has 2 saturated carbocycles. The smallest absolute Gasteiger partial charge is 0.254 e. The fourth-order valence-corrected chi connectivity index (χ4v) is 6.52. The lowest BCUT2D eigenvalue weighted by molar-refractivity contribution is -0.136. The predicted molar refractivity (Wildman–Crippen MR) is 139 cm³/mol. The van der Waals surface area contributed by atoms with E-state index in [4.69, 9.17) is 0 Å². The molecule has 0 bridgehead atoms. The number of ketones is 1. The van der Waals surface area contributed by atoms with Crippen molar-refractivity contribution in [2.75, 3.05) is 13.1 Å². The Kier molecular flexibility index (Phi) is 9.19. The van der Waals surface area contributed by atoms with Gasteiger partial charge in [0.1, 0.15) is 5.82 Å². The summed E-state index contributed by atoms with van der Waals surface area (Å²) in [4.78, 5) is 41.5. The molecular weight excluding hydrogens is 455 g/mol. The van der Waals surface area contributed by atoms with Crippen molar-refractivity contribution in [2.24, 2.45) is 17.8 Å². The topological polar surface area (TPSA) is 66.5 Å². The van der Waals surface area contributed by atoms with Crippen LogP contribution in [-0.2, 0) is 9.59 Å². The highest BCUT2D eigenvalue weighted by Crippen LogP contribution is 2.34. The lowest BCUT2D eigenvalue weighted by atomic mass is 9.79. The lowest BCUT2D eigenvalue weighted by Gasteiger charge is -2.35. The van der Waals surface area contributed by atoms with Gasteiger partial charge < -0.3 is 10.2 Å². The number of likely N-dealkylation sites (tertiary alicyclic amines) is 1. The predicted octanol–water partition coefficient (Wildman–Crippen LogP) is 6.02. The standard InChI is InChI=1S/C30H43FN2O3/c1-3-20(2)28(34)27(21-11-5-4-6-12-21)32-29(35)25-17-9-16-24(26(25)31)23-15-10-18-33(19-23)30(36)22-13-7-8-14-22/h9,16-17,20-23,27H,3-8,10-15,18-19H2,1-2H3,(H,32,35)/t20?,23?,27-/m1/s1. The molecule has 3 fully saturated rings. The molecule has 1 aliphatic heterocycles. The fourth-order valence-electron chi connectivity index (χ4n) is 6.52. The van der Waals surface area contributed by atoms with Crippen molar-refractivity contribution < 1.29 is 18.8 Å². The minimum atomic E-state index is -0.565. The van der Waals surface area contributed by atoms with Crippen LogP contribution in [0.2, 0.25) is 0 Å². The van der Waals surface area contributed by atoms with E-state index in [-0.39, 0.29) is 40.9 Å². The Labute approximate surface area is 215 Å². The van der Waals surface area contributed by atoms with E-state index in [0.717, 1.165) is 83.6 Å². The molecule has 6 heteroatoms. The Bertz CT molecular complexity index is 936. The number of halogens is 1. The molecule has 3 atom stereocenters. The second-order valence-corrected chi connectivity index (χ2v) is 11.4. The molecule has 4 rings (SSSR count). The SMILES string of the molecule is CCC(C)C(=O)[C@H](NC(=O)c1cccc(C2CCCN(C(=O)C3CCCC3)C2)c1F)C1CCCCC1. The Balaban J connectivity index is 1.50. The first-order valence-corrected chi connectivity index (χ1v) is 14.3. The van der Waals surface area contributed by atoms with Crippen molar-refractivity contribution in [1.82, 2.24) is 10.2 Å². The Morgan fingerprint density at radius 3 is 2.39 bits per heavy atom. The van der Waals surface area contributed by atoms with Crippen LogP contribution >= 0.6 is 0 Å². The first kappa shape index (κ1) is 26.8. The summed E-state index contributed by atoms with van der Waals surface area (Å²) in [5.41, 5.74) is 0.513. The number of benzene rings is 1. The van der Waals surface area contributed by atoms with Gasteiger partial charge in [-0.15, -0.1) is 0 Å². The number of carbonyl (C=O) groups is 3. The first-order chi connectivity index (χ1) is 17.4. The maximum absolute atomic E-state index is 15.8. The van der Waals surface area contributed by atoms with Crippen LogP contribution in [0.3, 0.4) is 0 Å². The number of rotatable bonds is 8. The third-order valence-corrected chi connectivity index (χ3v) is 8.96.